The molecule has 2 rings (SSSR count). The van der Waals surface area contributed by atoms with E-state index in [1.807, 2.05) is 23.0 Å². The molecule has 0 unspecified atom stereocenters. The highest BCUT2D eigenvalue weighted by Crippen LogP contribution is 2.22. The maximum absolute atomic E-state index is 12.2. The Hall–Kier alpha value is -2.38. The molecule has 4 nitrogen and oxygen atoms in total. The minimum Gasteiger partial charge on any atom is -0.319 e. The van der Waals surface area contributed by atoms with Crippen molar-refractivity contribution in [2.75, 3.05) is 5.32 Å². The van der Waals surface area contributed by atoms with Gasteiger partial charge >= 0.3 is 0 Å². The molecule has 1 N–H and O–H groups in total. The summed E-state index contributed by atoms with van der Waals surface area (Å²) in [6.07, 6.45) is 6.03. The van der Waals surface area contributed by atoms with Gasteiger partial charge in [-0.05, 0) is 42.5 Å². The van der Waals surface area contributed by atoms with E-state index in [0.717, 1.165) is 12.8 Å². The molecule has 0 aliphatic carbocycles. The SMILES string of the molecule is CCC(CC)c1cc[n+](CC(=O)Nc2cc(Cl)ccc2C#N)cc1. The molecule has 0 fully saturated rings. The fourth-order valence-corrected chi connectivity index (χ4v) is 2.85. The van der Waals surface area contributed by atoms with Gasteiger partial charge in [-0.25, -0.2) is 0 Å². The van der Waals surface area contributed by atoms with Gasteiger partial charge in [0.1, 0.15) is 6.07 Å². The van der Waals surface area contributed by atoms with Crippen molar-refractivity contribution in [3.63, 3.8) is 0 Å². The van der Waals surface area contributed by atoms with Crippen molar-refractivity contribution in [1.82, 2.24) is 0 Å². The van der Waals surface area contributed by atoms with Crippen LogP contribution in [-0.2, 0) is 11.3 Å². The van der Waals surface area contributed by atoms with Crippen molar-refractivity contribution < 1.29 is 9.36 Å². The van der Waals surface area contributed by atoms with Gasteiger partial charge in [-0.3, -0.25) is 4.79 Å². The number of carbonyl (C=O) groups excluding carboxylic acids is 1. The number of halogens is 1. The van der Waals surface area contributed by atoms with E-state index < -0.39 is 0 Å². The average Bonchev–Trinajstić information content (AvgIpc) is 2.57. The normalized spacial score (nSPS) is 10.5. The van der Waals surface area contributed by atoms with Gasteiger partial charge in [0, 0.05) is 17.2 Å². The van der Waals surface area contributed by atoms with Crippen molar-refractivity contribution in [3.8, 4) is 6.07 Å². The lowest BCUT2D eigenvalue weighted by Gasteiger charge is -2.11. The third-order valence-corrected chi connectivity index (χ3v) is 4.31. The van der Waals surface area contributed by atoms with E-state index in [-0.39, 0.29) is 12.5 Å². The molecule has 5 heteroatoms. The van der Waals surface area contributed by atoms with E-state index in [1.165, 1.54) is 5.56 Å². The number of nitriles is 1. The van der Waals surface area contributed by atoms with Crippen LogP contribution in [0.3, 0.4) is 0 Å². The van der Waals surface area contributed by atoms with Crippen LogP contribution in [0.4, 0.5) is 5.69 Å². The lowest BCUT2D eigenvalue weighted by Crippen LogP contribution is -2.39. The number of pyridine rings is 1. The number of carbonyl (C=O) groups is 1. The fourth-order valence-electron chi connectivity index (χ4n) is 2.68. The van der Waals surface area contributed by atoms with E-state index in [0.29, 0.717) is 22.2 Å². The number of rotatable bonds is 6. The number of benzene rings is 1. The van der Waals surface area contributed by atoms with Crippen molar-refractivity contribution in [1.29, 1.82) is 5.26 Å². The molecule has 24 heavy (non-hydrogen) atoms. The quantitative estimate of drug-likeness (QED) is 0.805. The first kappa shape index (κ1) is 18.0. The van der Waals surface area contributed by atoms with E-state index in [2.05, 4.69) is 31.3 Å². The van der Waals surface area contributed by atoms with Crippen LogP contribution in [0.5, 0.6) is 0 Å². The molecular formula is C19H21ClN3O+. The van der Waals surface area contributed by atoms with Gasteiger partial charge in [0.05, 0.1) is 11.3 Å². The van der Waals surface area contributed by atoms with E-state index >= 15 is 0 Å². The zero-order valence-electron chi connectivity index (χ0n) is 13.9. The Kier molecular flexibility index (Phi) is 6.34. The van der Waals surface area contributed by atoms with Gasteiger partial charge in [-0.1, -0.05) is 25.4 Å². The van der Waals surface area contributed by atoms with Crippen LogP contribution in [0, 0.1) is 11.3 Å². The summed E-state index contributed by atoms with van der Waals surface area (Å²) in [5, 5.41) is 12.3. The number of hydrogen-bond acceptors (Lipinski definition) is 2. The summed E-state index contributed by atoms with van der Waals surface area (Å²) < 4.78 is 1.82. The van der Waals surface area contributed by atoms with Gasteiger partial charge in [-0.2, -0.15) is 9.83 Å². The first-order chi connectivity index (χ1) is 11.6. The molecular weight excluding hydrogens is 322 g/mol. The third kappa shape index (κ3) is 4.56. The van der Waals surface area contributed by atoms with Crippen LogP contribution in [0.25, 0.3) is 0 Å². The van der Waals surface area contributed by atoms with Crippen molar-refractivity contribution in [2.45, 2.75) is 39.2 Å². The second kappa shape index (κ2) is 8.47. The monoisotopic (exact) mass is 342 g/mol. The minimum atomic E-state index is -0.200. The zero-order valence-corrected chi connectivity index (χ0v) is 14.7. The summed E-state index contributed by atoms with van der Waals surface area (Å²) in [4.78, 5) is 12.2. The molecule has 0 saturated carbocycles. The Morgan fingerprint density at radius 3 is 2.50 bits per heavy atom. The lowest BCUT2D eigenvalue weighted by molar-refractivity contribution is -0.684. The van der Waals surface area contributed by atoms with Crippen molar-refractivity contribution in [3.05, 3.63) is 58.9 Å². The molecule has 0 saturated heterocycles. The topological polar surface area (TPSA) is 56.8 Å². The lowest BCUT2D eigenvalue weighted by atomic mass is 9.95. The Morgan fingerprint density at radius 1 is 1.25 bits per heavy atom. The summed E-state index contributed by atoms with van der Waals surface area (Å²) in [5.74, 6) is 0.354. The summed E-state index contributed by atoms with van der Waals surface area (Å²) in [6.45, 7) is 4.54. The van der Waals surface area contributed by atoms with Crippen LogP contribution >= 0.6 is 11.6 Å². The molecule has 1 heterocycles. The Balaban J connectivity index is 2.05. The predicted molar refractivity (Wildman–Crippen MR) is 94.8 cm³/mol. The molecule has 2 aromatic rings. The maximum Gasteiger partial charge on any atom is 0.290 e. The van der Waals surface area contributed by atoms with E-state index in [4.69, 9.17) is 16.9 Å². The van der Waals surface area contributed by atoms with E-state index in [1.54, 1.807) is 18.2 Å². The summed E-state index contributed by atoms with van der Waals surface area (Å²) in [6, 6.07) is 11.0. The van der Waals surface area contributed by atoms with Crippen molar-refractivity contribution in [2.24, 2.45) is 0 Å². The molecule has 1 aromatic carbocycles. The standard InChI is InChI=1S/C19H20ClN3O/c1-3-14(4-2)15-7-9-23(10-8-15)13-19(24)22-18-11-17(20)6-5-16(18)12-21/h5-11,14H,3-4,13H2,1-2H3/p+1. The van der Waals surface area contributed by atoms with Gasteiger partial charge in [0.25, 0.3) is 5.91 Å². The smallest absolute Gasteiger partial charge is 0.290 e. The van der Waals surface area contributed by atoms with E-state index in [9.17, 15) is 4.79 Å². The summed E-state index contributed by atoms with van der Waals surface area (Å²) in [7, 11) is 0. The molecule has 0 spiro atoms. The van der Waals surface area contributed by atoms with Crippen LogP contribution < -0.4 is 9.88 Å². The summed E-state index contributed by atoms with van der Waals surface area (Å²) >= 11 is 5.93. The van der Waals surface area contributed by atoms with Gasteiger partial charge in [0.2, 0.25) is 6.54 Å². The van der Waals surface area contributed by atoms with Crippen LogP contribution in [0.15, 0.2) is 42.7 Å². The minimum absolute atomic E-state index is 0.181. The number of aromatic nitrogens is 1. The molecule has 0 atom stereocenters. The Morgan fingerprint density at radius 2 is 1.92 bits per heavy atom. The second-order valence-corrected chi connectivity index (χ2v) is 6.10. The maximum atomic E-state index is 12.2. The highest BCUT2D eigenvalue weighted by molar-refractivity contribution is 6.31. The number of hydrogen-bond donors (Lipinski definition) is 1. The molecule has 0 radical (unpaired) electrons. The molecule has 1 amide bonds. The third-order valence-electron chi connectivity index (χ3n) is 4.08. The van der Waals surface area contributed by atoms with Gasteiger partial charge in [-0.15, -0.1) is 0 Å². The fraction of sp³-hybridized carbons (Fsp3) is 0.316. The Bertz CT molecular complexity index is 746. The zero-order chi connectivity index (χ0) is 17.5. The highest BCUT2D eigenvalue weighted by Gasteiger charge is 2.14. The average molecular weight is 343 g/mol. The Labute approximate surface area is 147 Å². The molecule has 0 aliphatic rings. The van der Waals surface area contributed by atoms with Crippen molar-refractivity contribution >= 4 is 23.2 Å². The van der Waals surface area contributed by atoms with Crippen LogP contribution in [-0.4, -0.2) is 5.91 Å². The molecule has 0 bridgehead atoms. The first-order valence-corrected chi connectivity index (χ1v) is 8.43. The highest BCUT2D eigenvalue weighted by atomic mass is 35.5. The summed E-state index contributed by atoms with van der Waals surface area (Å²) in [5.41, 5.74) is 2.12. The van der Waals surface area contributed by atoms with Gasteiger partial charge < -0.3 is 5.32 Å². The largest absolute Gasteiger partial charge is 0.319 e. The molecule has 1 aromatic heterocycles. The number of anilines is 1. The first-order valence-electron chi connectivity index (χ1n) is 8.05. The van der Waals surface area contributed by atoms with Gasteiger partial charge in [0.15, 0.2) is 12.4 Å². The number of amides is 1. The number of nitrogens with one attached hydrogen (secondary N) is 1. The second-order valence-electron chi connectivity index (χ2n) is 5.67. The molecule has 124 valence electrons. The van der Waals surface area contributed by atoms with Crippen LogP contribution in [0.2, 0.25) is 5.02 Å². The molecule has 0 aliphatic heterocycles. The predicted octanol–water partition coefficient (Wildman–Crippen LogP) is 4.04. The van der Waals surface area contributed by atoms with Crippen LogP contribution in [0.1, 0.15) is 43.7 Å². The number of nitrogens with zero attached hydrogens (tertiary/aromatic N) is 2.